The van der Waals surface area contributed by atoms with E-state index in [1.165, 1.54) is 11.5 Å². The largest absolute Gasteiger partial charge is 0.496 e. The number of hydrogen-bond donors (Lipinski definition) is 0. The second-order valence-electron chi connectivity index (χ2n) is 4.04. The van der Waals surface area contributed by atoms with Gasteiger partial charge in [0.2, 0.25) is 5.91 Å². The second kappa shape index (κ2) is 5.35. The molecule has 5 heteroatoms. The lowest BCUT2D eigenvalue weighted by atomic mass is 10.2. The van der Waals surface area contributed by atoms with E-state index < -0.39 is 0 Å². The van der Waals surface area contributed by atoms with E-state index in [-0.39, 0.29) is 5.91 Å². The first-order chi connectivity index (χ1) is 8.69. The van der Waals surface area contributed by atoms with Crippen LogP contribution in [0.2, 0.25) is 0 Å². The van der Waals surface area contributed by atoms with Crippen LogP contribution in [-0.4, -0.2) is 24.4 Å². The number of rotatable bonds is 4. The summed E-state index contributed by atoms with van der Waals surface area (Å²) in [5, 5.41) is 0.914. The number of anilines is 1. The van der Waals surface area contributed by atoms with Crippen LogP contribution in [-0.2, 0) is 4.79 Å². The second-order valence-corrected chi connectivity index (χ2v) is 4.85. The van der Waals surface area contributed by atoms with Crippen molar-refractivity contribution in [3.8, 4) is 5.75 Å². The number of carbonyl (C=O) groups is 1. The highest BCUT2D eigenvalue weighted by atomic mass is 32.1. The van der Waals surface area contributed by atoms with Gasteiger partial charge >= 0.3 is 0 Å². The fourth-order valence-corrected chi connectivity index (χ4v) is 2.67. The lowest BCUT2D eigenvalue weighted by molar-refractivity contribution is -0.118. The van der Waals surface area contributed by atoms with E-state index in [9.17, 15) is 4.79 Å². The quantitative estimate of drug-likeness (QED) is 0.852. The molecule has 0 bridgehead atoms. The molecule has 2 rings (SSSR count). The van der Waals surface area contributed by atoms with E-state index in [1.807, 2.05) is 25.1 Å². The van der Waals surface area contributed by atoms with Gasteiger partial charge in [-0.25, -0.2) is 0 Å². The molecule has 18 heavy (non-hydrogen) atoms. The Hall–Kier alpha value is -1.62. The Morgan fingerprint density at radius 3 is 2.94 bits per heavy atom. The summed E-state index contributed by atoms with van der Waals surface area (Å²) >= 11 is 1.38. The van der Waals surface area contributed by atoms with Gasteiger partial charge in [0.25, 0.3) is 0 Å². The SMILES string of the molecule is CCCC(=O)N(C)c1nsc2cccc(OC)c12. The fourth-order valence-electron chi connectivity index (χ4n) is 1.84. The first-order valence-corrected chi connectivity index (χ1v) is 6.65. The standard InChI is InChI=1S/C13H16N2O2S/c1-4-6-11(16)15(2)13-12-9(17-3)7-5-8-10(12)18-14-13/h5,7-8H,4,6H2,1-3H3. The Labute approximate surface area is 110 Å². The van der Waals surface area contributed by atoms with Gasteiger partial charge in [-0.1, -0.05) is 13.0 Å². The Bertz CT molecular complexity index is 565. The maximum absolute atomic E-state index is 11.9. The van der Waals surface area contributed by atoms with E-state index in [0.29, 0.717) is 12.2 Å². The minimum Gasteiger partial charge on any atom is -0.496 e. The van der Waals surface area contributed by atoms with Gasteiger partial charge in [-0.15, -0.1) is 0 Å². The van der Waals surface area contributed by atoms with Crippen LogP contribution in [0.4, 0.5) is 5.82 Å². The summed E-state index contributed by atoms with van der Waals surface area (Å²) in [7, 11) is 3.39. The van der Waals surface area contributed by atoms with E-state index in [0.717, 1.165) is 22.3 Å². The Balaban J connectivity index is 2.48. The number of methoxy groups -OCH3 is 1. The maximum atomic E-state index is 11.9. The highest BCUT2D eigenvalue weighted by Gasteiger charge is 2.18. The molecular weight excluding hydrogens is 248 g/mol. The van der Waals surface area contributed by atoms with E-state index >= 15 is 0 Å². The molecule has 0 N–H and O–H groups in total. The van der Waals surface area contributed by atoms with E-state index in [4.69, 9.17) is 4.74 Å². The number of fused-ring (bicyclic) bond motifs is 1. The van der Waals surface area contributed by atoms with Crippen molar-refractivity contribution in [3.63, 3.8) is 0 Å². The predicted molar refractivity (Wildman–Crippen MR) is 74.5 cm³/mol. The summed E-state index contributed by atoms with van der Waals surface area (Å²) in [6.07, 6.45) is 1.37. The van der Waals surface area contributed by atoms with Crippen LogP contribution in [0.5, 0.6) is 5.75 Å². The van der Waals surface area contributed by atoms with E-state index in [2.05, 4.69) is 4.37 Å². The molecule has 0 atom stereocenters. The highest BCUT2D eigenvalue weighted by Crippen LogP contribution is 2.36. The van der Waals surface area contributed by atoms with Crippen molar-refractivity contribution in [2.24, 2.45) is 0 Å². The number of hydrogen-bond acceptors (Lipinski definition) is 4. The molecule has 1 aromatic carbocycles. The zero-order valence-electron chi connectivity index (χ0n) is 10.8. The summed E-state index contributed by atoms with van der Waals surface area (Å²) in [5.74, 6) is 1.52. The molecule has 0 radical (unpaired) electrons. The highest BCUT2D eigenvalue weighted by molar-refractivity contribution is 7.13. The van der Waals surface area contributed by atoms with Crippen LogP contribution < -0.4 is 9.64 Å². The fraction of sp³-hybridized carbons (Fsp3) is 0.385. The van der Waals surface area contributed by atoms with Gasteiger partial charge in [-0.05, 0) is 30.1 Å². The lowest BCUT2D eigenvalue weighted by Crippen LogP contribution is -2.26. The molecule has 0 aliphatic carbocycles. The molecule has 96 valence electrons. The molecule has 0 saturated heterocycles. The summed E-state index contributed by atoms with van der Waals surface area (Å²) in [4.78, 5) is 13.6. The summed E-state index contributed by atoms with van der Waals surface area (Å²) < 4.78 is 10.7. The normalized spacial score (nSPS) is 10.6. The van der Waals surface area contributed by atoms with Crippen LogP contribution in [0, 0.1) is 0 Å². The zero-order chi connectivity index (χ0) is 13.1. The van der Waals surface area contributed by atoms with Crippen molar-refractivity contribution >= 4 is 33.3 Å². The lowest BCUT2D eigenvalue weighted by Gasteiger charge is -2.15. The Morgan fingerprint density at radius 1 is 1.50 bits per heavy atom. The molecular formula is C13H16N2O2S. The van der Waals surface area contributed by atoms with Crippen molar-refractivity contribution < 1.29 is 9.53 Å². The third kappa shape index (κ3) is 2.18. The number of carbonyl (C=O) groups excluding carboxylic acids is 1. The molecule has 1 heterocycles. The average Bonchev–Trinajstić information content (AvgIpc) is 2.81. The maximum Gasteiger partial charge on any atom is 0.227 e. The summed E-state index contributed by atoms with van der Waals surface area (Å²) in [6, 6.07) is 5.80. The Morgan fingerprint density at radius 2 is 2.28 bits per heavy atom. The van der Waals surface area contributed by atoms with Crippen LogP contribution in [0.3, 0.4) is 0 Å². The number of nitrogens with zero attached hydrogens (tertiary/aromatic N) is 2. The monoisotopic (exact) mass is 264 g/mol. The van der Waals surface area contributed by atoms with Gasteiger partial charge < -0.3 is 4.74 Å². The average molecular weight is 264 g/mol. The van der Waals surface area contributed by atoms with Gasteiger partial charge in [-0.3, -0.25) is 9.69 Å². The molecule has 2 aromatic rings. The topological polar surface area (TPSA) is 42.4 Å². The van der Waals surface area contributed by atoms with Crippen LogP contribution in [0.25, 0.3) is 10.1 Å². The molecule has 1 aromatic heterocycles. The number of benzene rings is 1. The van der Waals surface area contributed by atoms with Crippen molar-refractivity contribution in [3.05, 3.63) is 18.2 Å². The molecule has 1 amide bonds. The molecule has 0 aliphatic rings. The molecule has 0 saturated carbocycles. The van der Waals surface area contributed by atoms with Gasteiger partial charge in [0.15, 0.2) is 5.82 Å². The molecule has 0 fully saturated rings. The summed E-state index contributed by atoms with van der Waals surface area (Å²) in [6.45, 7) is 1.99. The molecule has 0 aliphatic heterocycles. The van der Waals surface area contributed by atoms with Gasteiger partial charge in [-0.2, -0.15) is 4.37 Å². The first-order valence-electron chi connectivity index (χ1n) is 5.88. The van der Waals surface area contributed by atoms with Crippen molar-refractivity contribution in [1.29, 1.82) is 0 Å². The molecule has 0 unspecified atom stereocenters. The van der Waals surface area contributed by atoms with Crippen molar-refractivity contribution in [2.45, 2.75) is 19.8 Å². The smallest absolute Gasteiger partial charge is 0.227 e. The molecule has 4 nitrogen and oxygen atoms in total. The van der Waals surface area contributed by atoms with Crippen molar-refractivity contribution in [1.82, 2.24) is 4.37 Å². The third-order valence-corrected chi connectivity index (χ3v) is 3.62. The zero-order valence-corrected chi connectivity index (χ0v) is 11.6. The Kier molecular flexibility index (Phi) is 3.81. The van der Waals surface area contributed by atoms with Gasteiger partial charge in [0.1, 0.15) is 5.75 Å². The molecule has 0 spiro atoms. The number of amides is 1. The minimum atomic E-state index is 0.0793. The summed E-state index contributed by atoms with van der Waals surface area (Å²) in [5.41, 5.74) is 0. The van der Waals surface area contributed by atoms with Gasteiger partial charge in [0.05, 0.1) is 17.2 Å². The third-order valence-electron chi connectivity index (χ3n) is 2.82. The number of ether oxygens (including phenoxy) is 1. The number of aromatic nitrogens is 1. The van der Waals surface area contributed by atoms with Crippen LogP contribution in [0.15, 0.2) is 18.2 Å². The van der Waals surface area contributed by atoms with Crippen molar-refractivity contribution in [2.75, 3.05) is 19.1 Å². The van der Waals surface area contributed by atoms with Gasteiger partial charge in [0, 0.05) is 13.5 Å². The van der Waals surface area contributed by atoms with Crippen LogP contribution >= 0.6 is 11.5 Å². The first kappa shape index (κ1) is 12.8. The van der Waals surface area contributed by atoms with E-state index in [1.54, 1.807) is 19.1 Å². The van der Waals surface area contributed by atoms with Crippen LogP contribution in [0.1, 0.15) is 19.8 Å². The minimum absolute atomic E-state index is 0.0793. The predicted octanol–water partition coefficient (Wildman–Crippen LogP) is 3.07.